The van der Waals surface area contributed by atoms with Gasteiger partial charge in [0.25, 0.3) is 0 Å². The van der Waals surface area contributed by atoms with Crippen LogP contribution in [0.5, 0.6) is 0 Å². The van der Waals surface area contributed by atoms with Gasteiger partial charge in [0, 0.05) is 25.9 Å². The van der Waals surface area contributed by atoms with Gasteiger partial charge in [-0.25, -0.2) is 4.79 Å². The average molecular weight is 279 g/mol. The van der Waals surface area contributed by atoms with Crippen molar-refractivity contribution < 1.29 is 14.3 Å². The largest absolute Gasteiger partial charge is 0.444 e. The summed E-state index contributed by atoms with van der Waals surface area (Å²) in [6.07, 6.45) is 4.25. The van der Waals surface area contributed by atoms with Gasteiger partial charge in [0.1, 0.15) is 11.4 Å². The van der Waals surface area contributed by atoms with Crippen molar-refractivity contribution in [2.45, 2.75) is 52.6 Å². The van der Waals surface area contributed by atoms with Gasteiger partial charge in [-0.15, -0.1) is 0 Å². The van der Waals surface area contributed by atoms with Gasteiger partial charge in [0.2, 0.25) is 0 Å². The molecule has 4 heteroatoms. The summed E-state index contributed by atoms with van der Waals surface area (Å²) in [4.78, 5) is 25.2. The standard InChI is InChI=1S/C16H25NO3/c1-11-10-17(15(19)20-16(2,3)4)8-7-14(11)12-5-6-13(18)9-12/h7,11-12H,5-6,8-10H2,1-4H3. The van der Waals surface area contributed by atoms with Gasteiger partial charge in [-0.1, -0.05) is 18.6 Å². The third kappa shape index (κ3) is 3.62. The Hall–Kier alpha value is -1.32. The first kappa shape index (κ1) is 15.1. The Morgan fingerprint density at radius 3 is 2.60 bits per heavy atom. The lowest BCUT2D eigenvalue weighted by atomic mass is 9.85. The monoisotopic (exact) mass is 279 g/mol. The van der Waals surface area contributed by atoms with E-state index in [1.807, 2.05) is 20.8 Å². The van der Waals surface area contributed by atoms with Crippen LogP contribution in [0.3, 0.4) is 0 Å². The molecule has 0 aromatic heterocycles. The topological polar surface area (TPSA) is 46.6 Å². The van der Waals surface area contributed by atoms with Gasteiger partial charge >= 0.3 is 6.09 Å². The highest BCUT2D eigenvalue weighted by molar-refractivity contribution is 5.81. The van der Waals surface area contributed by atoms with Crippen LogP contribution in [0.15, 0.2) is 11.6 Å². The second kappa shape index (κ2) is 5.58. The first-order valence-electron chi connectivity index (χ1n) is 7.46. The molecule has 1 aliphatic heterocycles. The molecule has 2 unspecified atom stereocenters. The Bertz CT molecular complexity index is 433. The van der Waals surface area contributed by atoms with Crippen LogP contribution in [0.2, 0.25) is 0 Å². The Balaban J connectivity index is 1.98. The number of Topliss-reactive ketones (excluding diaryl/α,β-unsaturated/α-hetero) is 1. The number of ketones is 1. The van der Waals surface area contributed by atoms with E-state index in [1.54, 1.807) is 4.90 Å². The van der Waals surface area contributed by atoms with Crippen LogP contribution in [-0.2, 0) is 9.53 Å². The second-order valence-corrected chi connectivity index (χ2v) is 6.97. The van der Waals surface area contributed by atoms with Crippen LogP contribution < -0.4 is 0 Å². The highest BCUT2D eigenvalue weighted by atomic mass is 16.6. The van der Waals surface area contributed by atoms with Gasteiger partial charge in [0.05, 0.1) is 0 Å². The van der Waals surface area contributed by atoms with E-state index < -0.39 is 5.60 Å². The van der Waals surface area contributed by atoms with Crippen molar-refractivity contribution in [1.82, 2.24) is 4.90 Å². The maximum absolute atomic E-state index is 12.1. The number of carbonyl (C=O) groups is 2. The molecule has 0 bridgehead atoms. The number of rotatable bonds is 1. The molecule has 0 radical (unpaired) electrons. The molecule has 0 saturated heterocycles. The molecule has 2 aliphatic rings. The molecule has 0 aromatic carbocycles. The molecule has 0 aromatic rings. The quantitative estimate of drug-likeness (QED) is 0.693. The van der Waals surface area contributed by atoms with Crippen molar-refractivity contribution >= 4 is 11.9 Å². The summed E-state index contributed by atoms with van der Waals surface area (Å²) in [6.45, 7) is 9.05. The maximum Gasteiger partial charge on any atom is 0.410 e. The molecular formula is C16H25NO3. The van der Waals surface area contributed by atoms with Gasteiger partial charge in [0.15, 0.2) is 0 Å². The summed E-state index contributed by atoms with van der Waals surface area (Å²) in [5.41, 5.74) is 0.901. The summed E-state index contributed by atoms with van der Waals surface area (Å²) in [6, 6.07) is 0. The number of hydrogen-bond donors (Lipinski definition) is 0. The Morgan fingerprint density at radius 1 is 1.40 bits per heavy atom. The van der Waals surface area contributed by atoms with E-state index in [0.29, 0.717) is 43.6 Å². The number of amides is 1. The molecule has 1 saturated carbocycles. The van der Waals surface area contributed by atoms with Crippen molar-refractivity contribution in [1.29, 1.82) is 0 Å². The Labute approximate surface area is 121 Å². The number of nitrogens with zero attached hydrogens (tertiary/aromatic N) is 1. The zero-order chi connectivity index (χ0) is 14.9. The van der Waals surface area contributed by atoms with Crippen molar-refractivity contribution in [3.63, 3.8) is 0 Å². The third-order valence-electron chi connectivity index (χ3n) is 3.98. The number of carbonyl (C=O) groups excluding carboxylic acids is 2. The van der Waals surface area contributed by atoms with Crippen LogP contribution in [0, 0.1) is 11.8 Å². The van der Waals surface area contributed by atoms with E-state index in [2.05, 4.69) is 13.0 Å². The van der Waals surface area contributed by atoms with Crippen molar-refractivity contribution in [2.75, 3.05) is 13.1 Å². The molecule has 112 valence electrons. The normalized spacial score (nSPS) is 27.5. The molecule has 1 aliphatic carbocycles. The molecule has 0 spiro atoms. The van der Waals surface area contributed by atoms with Gasteiger partial charge < -0.3 is 9.64 Å². The van der Waals surface area contributed by atoms with Crippen LogP contribution in [0.1, 0.15) is 47.0 Å². The average Bonchev–Trinajstić information content (AvgIpc) is 2.73. The summed E-state index contributed by atoms with van der Waals surface area (Å²) < 4.78 is 5.41. The number of ether oxygens (including phenoxy) is 1. The molecule has 1 fully saturated rings. The lowest BCUT2D eigenvalue weighted by Gasteiger charge is -2.34. The van der Waals surface area contributed by atoms with E-state index in [-0.39, 0.29) is 6.09 Å². The fraction of sp³-hybridized carbons (Fsp3) is 0.750. The lowest BCUT2D eigenvalue weighted by Crippen LogP contribution is -2.42. The predicted molar refractivity (Wildman–Crippen MR) is 77.4 cm³/mol. The molecule has 1 amide bonds. The molecule has 0 N–H and O–H groups in total. The van der Waals surface area contributed by atoms with Crippen LogP contribution in [0.25, 0.3) is 0 Å². The smallest absolute Gasteiger partial charge is 0.410 e. The Morgan fingerprint density at radius 2 is 2.10 bits per heavy atom. The van der Waals surface area contributed by atoms with Crippen molar-refractivity contribution in [3.05, 3.63) is 11.6 Å². The van der Waals surface area contributed by atoms with E-state index in [0.717, 1.165) is 6.42 Å². The summed E-state index contributed by atoms with van der Waals surface area (Å²) in [5, 5.41) is 0. The highest BCUT2D eigenvalue weighted by Gasteiger charge is 2.32. The maximum atomic E-state index is 12.1. The first-order chi connectivity index (χ1) is 9.26. The zero-order valence-corrected chi connectivity index (χ0v) is 12.9. The van der Waals surface area contributed by atoms with E-state index in [4.69, 9.17) is 4.74 Å². The summed E-state index contributed by atoms with van der Waals surface area (Å²) >= 11 is 0. The van der Waals surface area contributed by atoms with E-state index in [9.17, 15) is 9.59 Å². The van der Waals surface area contributed by atoms with Crippen molar-refractivity contribution in [2.24, 2.45) is 11.8 Å². The van der Waals surface area contributed by atoms with E-state index >= 15 is 0 Å². The fourth-order valence-electron chi connectivity index (χ4n) is 3.07. The van der Waals surface area contributed by atoms with E-state index in [1.165, 1.54) is 5.57 Å². The van der Waals surface area contributed by atoms with Crippen LogP contribution >= 0.6 is 0 Å². The van der Waals surface area contributed by atoms with Gasteiger partial charge in [-0.3, -0.25) is 4.79 Å². The molecule has 4 nitrogen and oxygen atoms in total. The predicted octanol–water partition coefficient (Wildman–Crippen LogP) is 3.17. The third-order valence-corrected chi connectivity index (χ3v) is 3.98. The zero-order valence-electron chi connectivity index (χ0n) is 12.9. The minimum absolute atomic E-state index is 0.248. The van der Waals surface area contributed by atoms with Gasteiger partial charge in [-0.2, -0.15) is 0 Å². The Kier molecular flexibility index (Phi) is 4.21. The highest BCUT2D eigenvalue weighted by Crippen LogP contribution is 2.35. The van der Waals surface area contributed by atoms with Crippen molar-refractivity contribution in [3.8, 4) is 0 Å². The van der Waals surface area contributed by atoms with Crippen LogP contribution in [0.4, 0.5) is 4.79 Å². The minimum atomic E-state index is -0.456. The van der Waals surface area contributed by atoms with Gasteiger partial charge in [-0.05, 0) is 39.0 Å². The molecule has 20 heavy (non-hydrogen) atoms. The summed E-state index contributed by atoms with van der Waals surface area (Å²) in [5.74, 6) is 1.09. The minimum Gasteiger partial charge on any atom is -0.444 e. The van der Waals surface area contributed by atoms with Crippen LogP contribution in [-0.4, -0.2) is 35.5 Å². The number of hydrogen-bond acceptors (Lipinski definition) is 3. The molecule has 2 atom stereocenters. The molecule has 1 heterocycles. The first-order valence-corrected chi connectivity index (χ1v) is 7.46. The SMILES string of the molecule is CC1CN(C(=O)OC(C)(C)C)CC=C1C1CCC(=O)C1. The fourth-order valence-corrected chi connectivity index (χ4v) is 3.07. The summed E-state index contributed by atoms with van der Waals surface area (Å²) in [7, 11) is 0. The second-order valence-electron chi connectivity index (χ2n) is 6.97. The molecule has 2 rings (SSSR count). The molecular weight excluding hydrogens is 254 g/mol. The lowest BCUT2D eigenvalue weighted by molar-refractivity contribution is -0.117.